The molecular weight excluding hydrogens is 172 g/mol. The number of carbonyl (C=O) groups is 2. The Labute approximate surface area is 74.0 Å². The Hall–Kier alpha value is -1.98. The molecule has 0 radical (unpaired) electrons. The summed E-state index contributed by atoms with van der Waals surface area (Å²) in [5, 5.41) is 0. The van der Waals surface area contributed by atoms with Gasteiger partial charge in [-0.1, -0.05) is 0 Å². The highest BCUT2D eigenvalue weighted by atomic mass is 16.2. The van der Waals surface area contributed by atoms with Crippen molar-refractivity contribution in [3.63, 3.8) is 0 Å². The number of primary amides is 2. The number of carbonyl (C=O) groups excluding carboxylic acids is 2. The number of hydrogen-bond acceptors (Lipinski definition) is 4. The van der Waals surface area contributed by atoms with Crippen LogP contribution in [-0.2, 0) is 0 Å². The Bertz CT molecular complexity index is 375. The molecule has 2 amide bonds. The van der Waals surface area contributed by atoms with E-state index in [1.54, 1.807) is 6.92 Å². The van der Waals surface area contributed by atoms with Gasteiger partial charge in [0.2, 0.25) is 0 Å². The highest BCUT2D eigenvalue weighted by Crippen LogP contribution is 2.03. The number of nitrogens with zero attached hydrogens (tertiary/aromatic N) is 2. The molecule has 0 spiro atoms. The van der Waals surface area contributed by atoms with Gasteiger partial charge in [-0.3, -0.25) is 9.59 Å². The molecule has 0 aromatic carbocycles. The van der Waals surface area contributed by atoms with Crippen LogP contribution in [0.3, 0.4) is 0 Å². The predicted molar refractivity (Wildman–Crippen MR) is 43.8 cm³/mol. The van der Waals surface area contributed by atoms with Gasteiger partial charge in [0, 0.05) is 6.20 Å². The molecular formula is C7H8N4O2. The van der Waals surface area contributed by atoms with Gasteiger partial charge in [0.05, 0.1) is 5.56 Å². The molecule has 0 saturated carbocycles. The maximum Gasteiger partial charge on any atom is 0.268 e. The molecule has 0 unspecified atom stereocenters. The largest absolute Gasteiger partial charge is 0.365 e. The van der Waals surface area contributed by atoms with Gasteiger partial charge in [0.15, 0.2) is 0 Å². The topological polar surface area (TPSA) is 112 Å². The predicted octanol–water partition coefficient (Wildman–Crippen LogP) is -1.02. The van der Waals surface area contributed by atoms with Gasteiger partial charge in [-0.2, -0.15) is 0 Å². The molecule has 0 bridgehead atoms. The number of rotatable bonds is 2. The summed E-state index contributed by atoms with van der Waals surface area (Å²) in [4.78, 5) is 29.0. The SMILES string of the molecule is Cc1ncc(C(N)=O)c(C(N)=O)n1. The molecule has 13 heavy (non-hydrogen) atoms. The Morgan fingerprint density at radius 1 is 1.31 bits per heavy atom. The zero-order chi connectivity index (χ0) is 10.0. The Morgan fingerprint density at radius 3 is 2.38 bits per heavy atom. The number of hydrogen-bond donors (Lipinski definition) is 2. The summed E-state index contributed by atoms with van der Waals surface area (Å²) in [6.07, 6.45) is 1.19. The van der Waals surface area contributed by atoms with Crippen LogP contribution < -0.4 is 11.5 Å². The van der Waals surface area contributed by atoms with E-state index in [1.807, 2.05) is 0 Å². The van der Waals surface area contributed by atoms with Crippen LogP contribution in [0.2, 0.25) is 0 Å². The van der Waals surface area contributed by atoms with Crippen LogP contribution in [-0.4, -0.2) is 21.8 Å². The van der Waals surface area contributed by atoms with Gasteiger partial charge < -0.3 is 11.5 Å². The van der Waals surface area contributed by atoms with Gasteiger partial charge in [0.1, 0.15) is 11.5 Å². The second-order valence-electron chi connectivity index (χ2n) is 2.41. The summed E-state index contributed by atoms with van der Waals surface area (Å²) in [6.45, 7) is 1.58. The average Bonchev–Trinajstić information content (AvgIpc) is 2.03. The van der Waals surface area contributed by atoms with Gasteiger partial charge >= 0.3 is 0 Å². The van der Waals surface area contributed by atoms with Crippen molar-refractivity contribution in [3.05, 3.63) is 23.3 Å². The molecule has 0 aliphatic carbocycles. The highest BCUT2D eigenvalue weighted by Gasteiger charge is 2.14. The normalized spacial score (nSPS) is 9.62. The summed E-state index contributed by atoms with van der Waals surface area (Å²) in [5.74, 6) is -1.20. The molecule has 0 aliphatic heterocycles. The summed E-state index contributed by atoms with van der Waals surface area (Å²) in [7, 11) is 0. The van der Waals surface area contributed by atoms with E-state index in [0.29, 0.717) is 5.82 Å². The van der Waals surface area contributed by atoms with Crippen LogP contribution in [0.1, 0.15) is 26.7 Å². The fourth-order valence-electron chi connectivity index (χ4n) is 0.838. The molecule has 68 valence electrons. The third-order valence-electron chi connectivity index (χ3n) is 1.41. The minimum absolute atomic E-state index is 0.0573. The van der Waals surface area contributed by atoms with E-state index in [2.05, 4.69) is 9.97 Å². The maximum absolute atomic E-state index is 10.8. The van der Waals surface area contributed by atoms with Crippen LogP contribution in [0.15, 0.2) is 6.20 Å². The van der Waals surface area contributed by atoms with Crippen molar-refractivity contribution in [1.29, 1.82) is 0 Å². The molecule has 0 fully saturated rings. The van der Waals surface area contributed by atoms with Gasteiger partial charge in [-0.25, -0.2) is 9.97 Å². The summed E-state index contributed by atoms with van der Waals surface area (Å²) in [5.41, 5.74) is 9.76. The van der Waals surface area contributed by atoms with E-state index >= 15 is 0 Å². The standard InChI is InChI=1S/C7H8N4O2/c1-3-10-2-4(6(8)12)5(11-3)7(9)13/h2H,1H3,(H2,8,12)(H2,9,13). The van der Waals surface area contributed by atoms with Crippen molar-refractivity contribution in [2.75, 3.05) is 0 Å². The minimum atomic E-state index is -0.792. The molecule has 6 heteroatoms. The zero-order valence-corrected chi connectivity index (χ0v) is 6.94. The second-order valence-corrected chi connectivity index (χ2v) is 2.41. The van der Waals surface area contributed by atoms with Gasteiger partial charge in [-0.05, 0) is 6.92 Å². The molecule has 1 aromatic rings. The highest BCUT2D eigenvalue weighted by molar-refractivity contribution is 6.04. The molecule has 1 aromatic heterocycles. The summed E-state index contributed by atoms with van der Waals surface area (Å²) in [6, 6.07) is 0. The first kappa shape index (κ1) is 9.11. The van der Waals surface area contributed by atoms with Crippen LogP contribution in [0.25, 0.3) is 0 Å². The lowest BCUT2D eigenvalue weighted by atomic mass is 10.2. The maximum atomic E-state index is 10.8. The van der Waals surface area contributed by atoms with E-state index in [4.69, 9.17) is 11.5 Å². The molecule has 4 N–H and O–H groups in total. The lowest BCUT2D eigenvalue weighted by Gasteiger charge is -2.01. The van der Waals surface area contributed by atoms with Crippen molar-refractivity contribution in [2.24, 2.45) is 11.5 Å². The van der Waals surface area contributed by atoms with Crippen LogP contribution in [0.4, 0.5) is 0 Å². The number of nitrogens with two attached hydrogens (primary N) is 2. The molecule has 1 heterocycles. The first-order chi connectivity index (χ1) is 6.02. The van der Waals surface area contributed by atoms with E-state index in [0.717, 1.165) is 0 Å². The number of aromatic nitrogens is 2. The quantitative estimate of drug-likeness (QED) is 0.606. The third kappa shape index (κ3) is 1.78. The van der Waals surface area contributed by atoms with E-state index < -0.39 is 11.8 Å². The van der Waals surface area contributed by atoms with E-state index in [-0.39, 0.29) is 11.3 Å². The van der Waals surface area contributed by atoms with Crippen molar-refractivity contribution >= 4 is 11.8 Å². The molecule has 1 rings (SSSR count). The van der Waals surface area contributed by atoms with Crippen LogP contribution >= 0.6 is 0 Å². The smallest absolute Gasteiger partial charge is 0.268 e. The van der Waals surface area contributed by atoms with Crippen LogP contribution in [0.5, 0.6) is 0 Å². The summed E-state index contributed by atoms with van der Waals surface area (Å²) < 4.78 is 0. The summed E-state index contributed by atoms with van der Waals surface area (Å²) >= 11 is 0. The van der Waals surface area contributed by atoms with Crippen molar-refractivity contribution in [2.45, 2.75) is 6.92 Å². The minimum Gasteiger partial charge on any atom is -0.365 e. The third-order valence-corrected chi connectivity index (χ3v) is 1.41. The molecule has 6 nitrogen and oxygen atoms in total. The number of amides is 2. The second kappa shape index (κ2) is 3.18. The lowest BCUT2D eigenvalue weighted by molar-refractivity contribution is 0.0962. The number of aryl methyl sites for hydroxylation is 1. The van der Waals surface area contributed by atoms with Gasteiger partial charge in [-0.15, -0.1) is 0 Å². The Morgan fingerprint density at radius 2 is 1.92 bits per heavy atom. The van der Waals surface area contributed by atoms with Crippen LogP contribution in [0, 0.1) is 6.92 Å². The van der Waals surface area contributed by atoms with Crippen molar-refractivity contribution in [3.8, 4) is 0 Å². The van der Waals surface area contributed by atoms with Gasteiger partial charge in [0.25, 0.3) is 11.8 Å². The average molecular weight is 180 g/mol. The van der Waals surface area contributed by atoms with E-state index in [9.17, 15) is 9.59 Å². The Balaban J connectivity index is 3.35. The lowest BCUT2D eigenvalue weighted by Crippen LogP contribution is -2.23. The van der Waals surface area contributed by atoms with Crippen molar-refractivity contribution in [1.82, 2.24) is 9.97 Å². The fourth-order valence-corrected chi connectivity index (χ4v) is 0.838. The zero-order valence-electron chi connectivity index (χ0n) is 6.94. The molecule has 0 aliphatic rings. The fraction of sp³-hybridized carbons (Fsp3) is 0.143. The Kier molecular flexibility index (Phi) is 2.23. The first-order valence-corrected chi connectivity index (χ1v) is 3.45. The van der Waals surface area contributed by atoms with Crippen molar-refractivity contribution < 1.29 is 9.59 Å². The molecule has 0 atom stereocenters. The first-order valence-electron chi connectivity index (χ1n) is 3.45. The van der Waals surface area contributed by atoms with E-state index in [1.165, 1.54) is 6.20 Å². The molecule has 0 saturated heterocycles. The monoisotopic (exact) mass is 180 g/mol.